The second-order valence-electron chi connectivity index (χ2n) is 24.2. The van der Waals surface area contributed by atoms with E-state index >= 15 is 0 Å². The highest BCUT2D eigenvalue weighted by atomic mass is 16.5. The molecule has 0 aromatic rings. The number of aliphatic hydroxyl groups is 2. The topological polar surface area (TPSA) is 95.9 Å². The van der Waals surface area contributed by atoms with Gasteiger partial charge in [-0.3, -0.25) is 9.59 Å². The van der Waals surface area contributed by atoms with Crippen molar-refractivity contribution < 1.29 is 24.5 Å². The number of unbranched alkanes of at least 4 members (excludes halogenated alkanes) is 49. The standard InChI is InChI=1S/C72H137NO5/c1-3-5-7-9-11-13-15-17-41-44-48-52-56-60-64-70(75)69(68-74)73-71(76)65-61-57-53-49-45-42-39-37-35-33-31-29-27-25-23-21-19-18-20-22-24-26-28-30-32-34-36-38-40-43-47-51-55-59-63-67-78-72(77)66-62-58-54-50-46-16-14-12-10-8-6-4-2/h12,14,20,22,26,28,69-70,74-75H,3-11,13,15-19,21,23-25,27,29-68H2,1-2H3,(H,73,76)/b14-12-,22-20-,28-26-. The summed E-state index contributed by atoms with van der Waals surface area (Å²) >= 11 is 0. The first-order chi connectivity index (χ1) is 38.5. The van der Waals surface area contributed by atoms with Crippen molar-refractivity contribution in [3.63, 3.8) is 0 Å². The number of esters is 1. The van der Waals surface area contributed by atoms with E-state index in [0.29, 0.717) is 25.9 Å². The molecule has 0 spiro atoms. The summed E-state index contributed by atoms with van der Waals surface area (Å²) in [4.78, 5) is 24.5. The van der Waals surface area contributed by atoms with E-state index in [4.69, 9.17) is 4.74 Å². The molecule has 460 valence electrons. The predicted molar refractivity (Wildman–Crippen MR) is 343 cm³/mol. The number of aliphatic hydroxyl groups excluding tert-OH is 2. The maximum absolute atomic E-state index is 12.5. The minimum Gasteiger partial charge on any atom is -0.466 e. The molecule has 0 aliphatic heterocycles. The van der Waals surface area contributed by atoms with E-state index in [1.54, 1.807) is 0 Å². The molecule has 0 bridgehead atoms. The van der Waals surface area contributed by atoms with Crippen molar-refractivity contribution in [1.82, 2.24) is 5.32 Å². The molecule has 3 N–H and O–H groups in total. The Morgan fingerprint density at radius 3 is 1.01 bits per heavy atom. The maximum atomic E-state index is 12.5. The largest absolute Gasteiger partial charge is 0.466 e. The Morgan fingerprint density at radius 2 is 0.641 bits per heavy atom. The first kappa shape index (κ1) is 76.1. The van der Waals surface area contributed by atoms with E-state index < -0.39 is 12.1 Å². The number of ether oxygens (including phenoxy) is 1. The summed E-state index contributed by atoms with van der Waals surface area (Å²) in [5.41, 5.74) is 0. The minimum atomic E-state index is -0.662. The molecule has 2 unspecified atom stereocenters. The first-order valence-electron chi connectivity index (χ1n) is 35.2. The number of nitrogens with one attached hydrogen (secondary N) is 1. The van der Waals surface area contributed by atoms with Crippen molar-refractivity contribution in [1.29, 1.82) is 0 Å². The van der Waals surface area contributed by atoms with Crippen LogP contribution in [0.5, 0.6) is 0 Å². The van der Waals surface area contributed by atoms with Crippen molar-refractivity contribution in [3.8, 4) is 0 Å². The summed E-state index contributed by atoms with van der Waals surface area (Å²) in [5.74, 6) is -0.0236. The Kier molecular flexibility index (Phi) is 65.9. The van der Waals surface area contributed by atoms with Gasteiger partial charge in [-0.05, 0) is 83.5 Å². The van der Waals surface area contributed by atoms with Gasteiger partial charge in [-0.15, -0.1) is 0 Å². The number of carbonyl (C=O) groups excluding carboxylic acids is 2. The lowest BCUT2D eigenvalue weighted by Crippen LogP contribution is -2.45. The number of amides is 1. The molecule has 0 aromatic heterocycles. The Hall–Kier alpha value is -1.92. The average molecular weight is 1100 g/mol. The molecule has 0 rings (SSSR count). The highest BCUT2D eigenvalue weighted by Crippen LogP contribution is 2.18. The van der Waals surface area contributed by atoms with Crippen LogP contribution in [-0.4, -0.2) is 47.4 Å². The quantitative estimate of drug-likeness (QED) is 0.0320. The van der Waals surface area contributed by atoms with Crippen molar-refractivity contribution in [2.24, 2.45) is 0 Å². The second kappa shape index (κ2) is 67.6. The summed E-state index contributed by atoms with van der Waals surface area (Å²) in [7, 11) is 0. The Labute approximate surface area is 487 Å². The van der Waals surface area contributed by atoms with Crippen LogP contribution >= 0.6 is 0 Å². The van der Waals surface area contributed by atoms with Gasteiger partial charge in [-0.1, -0.05) is 326 Å². The predicted octanol–water partition coefficient (Wildman–Crippen LogP) is 22.7. The van der Waals surface area contributed by atoms with E-state index in [1.165, 1.54) is 302 Å². The lowest BCUT2D eigenvalue weighted by atomic mass is 10.0. The molecular formula is C72H137NO5. The van der Waals surface area contributed by atoms with Crippen LogP contribution in [0.25, 0.3) is 0 Å². The van der Waals surface area contributed by atoms with Gasteiger partial charge >= 0.3 is 5.97 Å². The van der Waals surface area contributed by atoms with Crippen molar-refractivity contribution in [2.45, 2.75) is 398 Å². The van der Waals surface area contributed by atoms with E-state index in [-0.39, 0.29) is 18.5 Å². The lowest BCUT2D eigenvalue weighted by molar-refractivity contribution is -0.143. The van der Waals surface area contributed by atoms with Crippen LogP contribution in [0.4, 0.5) is 0 Å². The minimum absolute atomic E-state index is 0.00683. The molecule has 6 heteroatoms. The molecule has 78 heavy (non-hydrogen) atoms. The van der Waals surface area contributed by atoms with Gasteiger partial charge < -0.3 is 20.3 Å². The van der Waals surface area contributed by atoms with Crippen LogP contribution in [0.1, 0.15) is 386 Å². The van der Waals surface area contributed by atoms with Crippen LogP contribution in [0.15, 0.2) is 36.5 Å². The zero-order chi connectivity index (χ0) is 56.4. The van der Waals surface area contributed by atoms with Crippen molar-refractivity contribution >= 4 is 11.9 Å². The second-order valence-corrected chi connectivity index (χ2v) is 24.2. The van der Waals surface area contributed by atoms with E-state index in [1.807, 2.05) is 0 Å². The zero-order valence-electron chi connectivity index (χ0n) is 52.7. The highest BCUT2D eigenvalue weighted by molar-refractivity contribution is 5.76. The van der Waals surface area contributed by atoms with Crippen LogP contribution in [0, 0.1) is 0 Å². The third-order valence-electron chi connectivity index (χ3n) is 16.4. The molecule has 6 nitrogen and oxygen atoms in total. The lowest BCUT2D eigenvalue weighted by Gasteiger charge is -2.22. The van der Waals surface area contributed by atoms with Gasteiger partial charge in [-0.25, -0.2) is 0 Å². The summed E-state index contributed by atoms with van der Waals surface area (Å²) in [5, 5.41) is 23.3. The number of rotatable bonds is 66. The monoisotopic (exact) mass is 1100 g/mol. The Bertz CT molecular complexity index is 1260. The fourth-order valence-electron chi connectivity index (χ4n) is 11.0. The van der Waals surface area contributed by atoms with Crippen LogP contribution in [0.2, 0.25) is 0 Å². The van der Waals surface area contributed by atoms with Crippen LogP contribution < -0.4 is 5.32 Å². The van der Waals surface area contributed by atoms with Gasteiger partial charge in [0.1, 0.15) is 0 Å². The molecule has 0 fully saturated rings. The third kappa shape index (κ3) is 63.3. The smallest absolute Gasteiger partial charge is 0.305 e. The SMILES string of the molecule is CCCCC/C=C\CCCCCCCC(=O)OCCCCCCCCCCCCC/C=C\C/C=C\CCCCCCCCCCCCCCCCCCCC(=O)NC(CO)C(O)CCCCCCCCCCCCCCCC. The highest BCUT2D eigenvalue weighted by Gasteiger charge is 2.20. The fourth-order valence-corrected chi connectivity index (χ4v) is 11.0. The van der Waals surface area contributed by atoms with E-state index in [2.05, 4.69) is 55.6 Å². The summed E-state index contributed by atoms with van der Waals surface area (Å²) < 4.78 is 5.47. The van der Waals surface area contributed by atoms with Crippen molar-refractivity contribution in [2.75, 3.05) is 13.2 Å². The molecule has 0 heterocycles. The molecule has 1 amide bonds. The number of allylic oxidation sites excluding steroid dienone is 6. The normalized spacial score (nSPS) is 12.7. The molecule has 2 atom stereocenters. The fraction of sp³-hybridized carbons (Fsp3) is 0.889. The van der Waals surface area contributed by atoms with E-state index in [0.717, 1.165) is 51.4 Å². The van der Waals surface area contributed by atoms with Crippen LogP contribution in [0.3, 0.4) is 0 Å². The first-order valence-corrected chi connectivity index (χ1v) is 35.2. The maximum Gasteiger partial charge on any atom is 0.305 e. The van der Waals surface area contributed by atoms with Gasteiger partial charge in [0.15, 0.2) is 0 Å². The summed E-state index contributed by atoms with van der Waals surface area (Å²) in [6.07, 6.45) is 86.3. The molecule has 0 radical (unpaired) electrons. The molecule has 0 aliphatic carbocycles. The average Bonchev–Trinajstić information content (AvgIpc) is 3.44. The molecule has 0 saturated heterocycles. The number of carbonyl (C=O) groups is 2. The zero-order valence-corrected chi connectivity index (χ0v) is 52.7. The Morgan fingerprint density at radius 1 is 0.359 bits per heavy atom. The van der Waals surface area contributed by atoms with Crippen LogP contribution in [-0.2, 0) is 14.3 Å². The van der Waals surface area contributed by atoms with Gasteiger partial charge in [0, 0.05) is 12.8 Å². The summed E-state index contributed by atoms with van der Waals surface area (Å²) in [6, 6.07) is -0.539. The third-order valence-corrected chi connectivity index (χ3v) is 16.4. The van der Waals surface area contributed by atoms with Gasteiger partial charge in [0.05, 0.1) is 25.4 Å². The molecule has 0 saturated carbocycles. The summed E-state index contributed by atoms with van der Waals surface area (Å²) in [6.45, 7) is 4.95. The number of hydrogen-bond donors (Lipinski definition) is 3. The van der Waals surface area contributed by atoms with Crippen molar-refractivity contribution in [3.05, 3.63) is 36.5 Å². The van der Waals surface area contributed by atoms with Gasteiger partial charge in [0.25, 0.3) is 0 Å². The Balaban J connectivity index is 3.36. The van der Waals surface area contributed by atoms with Gasteiger partial charge in [-0.2, -0.15) is 0 Å². The van der Waals surface area contributed by atoms with E-state index in [9.17, 15) is 19.8 Å². The number of hydrogen-bond acceptors (Lipinski definition) is 5. The molecular weight excluding hydrogens is 959 g/mol. The molecule has 0 aliphatic rings. The van der Waals surface area contributed by atoms with Gasteiger partial charge in [0.2, 0.25) is 5.91 Å². The molecule has 0 aromatic carbocycles.